The predicted molar refractivity (Wildman–Crippen MR) is 88.0 cm³/mol. The molecule has 1 heterocycles. The number of hydrogen-bond acceptors (Lipinski definition) is 5. The van der Waals surface area contributed by atoms with Crippen LogP contribution in [0.5, 0.6) is 11.5 Å². The fraction of sp³-hybridized carbons (Fsp3) is 0.357. The molecule has 0 saturated heterocycles. The fourth-order valence-corrected chi connectivity index (χ4v) is 4.01. The van der Waals surface area contributed by atoms with E-state index >= 15 is 0 Å². The number of halogens is 1. The second-order valence-corrected chi connectivity index (χ2v) is 6.94. The van der Waals surface area contributed by atoms with Crippen LogP contribution < -0.4 is 14.2 Å². The van der Waals surface area contributed by atoms with Gasteiger partial charge in [-0.15, -0.1) is 0 Å². The number of ether oxygens (including phenoxy) is 2. The van der Waals surface area contributed by atoms with E-state index in [1.54, 1.807) is 20.9 Å². The number of nitrogens with zero attached hydrogens (tertiary/aromatic N) is 2. The highest BCUT2D eigenvalue weighted by Crippen LogP contribution is 2.37. The first-order valence-electron chi connectivity index (χ1n) is 6.65. The Morgan fingerprint density at radius 2 is 1.78 bits per heavy atom. The van der Waals surface area contributed by atoms with Crippen LogP contribution in [0.25, 0.3) is 0 Å². The van der Waals surface area contributed by atoms with Crippen molar-refractivity contribution in [2.45, 2.75) is 18.7 Å². The standard InChI is InChI=1S/C14H18ClN3O4S/c1-8-14(9(2)18(3)16-8)23(19,20)17-11-7-12(21-4)10(15)6-13(11)22-5/h6-7,17H,1-5H3. The number of hydrogen-bond donors (Lipinski definition) is 1. The summed E-state index contributed by atoms with van der Waals surface area (Å²) in [7, 11) is 0.724. The molecule has 1 aromatic carbocycles. The van der Waals surface area contributed by atoms with Crippen LogP contribution >= 0.6 is 11.6 Å². The van der Waals surface area contributed by atoms with Gasteiger partial charge >= 0.3 is 0 Å². The van der Waals surface area contributed by atoms with E-state index in [1.807, 2.05) is 0 Å². The van der Waals surface area contributed by atoms with Crippen molar-refractivity contribution in [1.82, 2.24) is 9.78 Å². The van der Waals surface area contributed by atoms with Gasteiger partial charge in [0.05, 0.1) is 36.3 Å². The Morgan fingerprint density at radius 1 is 1.17 bits per heavy atom. The first-order chi connectivity index (χ1) is 10.7. The van der Waals surface area contributed by atoms with E-state index in [2.05, 4.69) is 9.82 Å². The Morgan fingerprint density at radius 3 is 2.26 bits per heavy atom. The van der Waals surface area contributed by atoms with Crippen molar-refractivity contribution in [2.75, 3.05) is 18.9 Å². The summed E-state index contributed by atoms with van der Waals surface area (Å²) in [6, 6.07) is 2.96. The lowest BCUT2D eigenvalue weighted by atomic mass is 10.3. The molecule has 1 N–H and O–H groups in total. The minimum absolute atomic E-state index is 0.135. The molecule has 1 aromatic heterocycles. The van der Waals surface area contributed by atoms with E-state index in [0.717, 1.165) is 0 Å². The maximum atomic E-state index is 12.7. The Balaban J connectivity index is 2.53. The number of aryl methyl sites for hydroxylation is 2. The molecule has 9 heteroatoms. The minimum atomic E-state index is -3.84. The van der Waals surface area contributed by atoms with Crippen LogP contribution in [0.3, 0.4) is 0 Å². The molecule has 0 aliphatic heterocycles. The zero-order valence-corrected chi connectivity index (χ0v) is 15.0. The van der Waals surface area contributed by atoms with Crippen LogP contribution in [0.2, 0.25) is 5.02 Å². The molecule has 23 heavy (non-hydrogen) atoms. The molecule has 0 aliphatic carbocycles. The van der Waals surface area contributed by atoms with Crippen LogP contribution in [0.1, 0.15) is 11.4 Å². The average Bonchev–Trinajstić information content (AvgIpc) is 2.73. The third-order valence-electron chi connectivity index (χ3n) is 3.43. The molecule has 7 nitrogen and oxygen atoms in total. The van der Waals surface area contributed by atoms with Crippen molar-refractivity contribution in [2.24, 2.45) is 7.05 Å². The lowest BCUT2D eigenvalue weighted by Gasteiger charge is -2.14. The highest BCUT2D eigenvalue weighted by molar-refractivity contribution is 7.92. The molecule has 0 amide bonds. The van der Waals surface area contributed by atoms with Crippen molar-refractivity contribution in [3.63, 3.8) is 0 Å². The lowest BCUT2D eigenvalue weighted by molar-refractivity contribution is 0.405. The second-order valence-electron chi connectivity index (χ2n) is 4.92. The summed E-state index contributed by atoms with van der Waals surface area (Å²) in [6.07, 6.45) is 0. The van der Waals surface area contributed by atoms with Crippen LogP contribution in [0.4, 0.5) is 5.69 Å². The van der Waals surface area contributed by atoms with E-state index in [-0.39, 0.29) is 10.6 Å². The summed E-state index contributed by atoms with van der Waals surface area (Å²) in [6.45, 7) is 3.33. The van der Waals surface area contributed by atoms with Gasteiger partial charge in [-0.3, -0.25) is 9.40 Å². The Bertz CT molecular complexity index is 846. The van der Waals surface area contributed by atoms with Crippen molar-refractivity contribution >= 4 is 27.3 Å². The van der Waals surface area contributed by atoms with E-state index in [1.165, 1.54) is 31.0 Å². The highest BCUT2D eigenvalue weighted by atomic mass is 35.5. The molecular weight excluding hydrogens is 342 g/mol. The molecule has 126 valence electrons. The van der Waals surface area contributed by atoms with Crippen LogP contribution in [-0.2, 0) is 17.1 Å². The van der Waals surface area contributed by atoms with Gasteiger partial charge in [-0.05, 0) is 13.8 Å². The molecule has 0 radical (unpaired) electrons. The topological polar surface area (TPSA) is 82.5 Å². The highest BCUT2D eigenvalue weighted by Gasteiger charge is 2.25. The monoisotopic (exact) mass is 359 g/mol. The van der Waals surface area contributed by atoms with Crippen LogP contribution in [0, 0.1) is 13.8 Å². The normalized spacial score (nSPS) is 11.4. The summed E-state index contributed by atoms with van der Waals surface area (Å²) in [5.74, 6) is 0.628. The molecule has 2 aromatic rings. The van der Waals surface area contributed by atoms with Gasteiger partial charge in [-0.25, -0.2) is 8.42 Å². The predicted octanol–water partition coefficient (Wildman–Crippen LogP) is 2.51. The quantitative estimate of drug-likeness (QED) is 0.886. The van der Waals surface area contributed by atoms with Crippen molar-refractivity contribution in [3.8, 4) is 11.5 Å². The van der Waals surface area contributed by atoms with Gasteiger partial charge < -0.3 is 9.47 Å². The van der Waals surface area contributed by atoms with Gasteiger partial charge in [0.1, 0.15) is 16.4 Å². The second kappa shape index (κ2) is 6.29. The Hall–Kier alpha value is -1.93. The SMILES string of the molecule is COc1cc(NS(=O)(=O)c2c(C)nn(C)c2C)c(OC)cc1Cl. The van der Waals surface area contributed by atoms with Crippen molar-refractivity contribution in [3.05, 3.63) is 28.5 Å². The van der Waals surface area contributed by atoms with Gasteiger partial charge in [0, 0.05) is 19.2 Å². The summed E-state index contributed by atoms with van der Waals surface area (Å²) in [5, 5.41) is 4.45. The third-order valence-corrected chi connectivity index (χ3v) is 5.34. The van der Waals surface area contributed by atoms with Crippen LogP contribution in [-0.4, -0.2) is 32.4 Å². The molecule has 0 bridgehead atoms. The minimum Gasteiger partial charge on any atom is -0.495 e. The smallest absolute Gasteiger partial charge is 0.265 e. The first-order valence-corrected chi connectivity index (χ1v) is 8.52. The van der Waals surface area contributed by atoms with Crippen molar-refractivity contribution in [1.29, 1.82) is 0 Å². The maximum absolute atomic E-state index is 12.7. The number of methoxy groups -OCH3 is 2. The summed E-state index contributed by atoms with van der Waals surface area (Å²) >= 11 is 6.03. The Kier molecular flexibility index (Phi) is 4.76. The molecular formula is C14H18ClN3O4S. The van der Waals surface area contributed by atoms with Gasteiger partial charge in [-0.2, -0.15) is 5.10 Å². The molecule has 0 unspecified atom stereocenters. The van der Waals surface area contributed by atoms with E-state index in [9.17, 15) is 8.42 Å². The Labute approximate surface area is 140 Å². The van der Waals surface area contributed by atoms with E-state index in [0.29, 0.717) is 27.9 Å². The summed E-state index contributed by atoms with van der Waals surface area (Å²) in [5.41, 5.74) is 1.18. The van der Waals surface area contributed by atoms with E-state index < -0.39 is 10.0 Å². The number of benzene rings is 1. The number of rotatable bonds is 5. The molecule has 0 aliphatic rings. The van der Waals surface area contributed by atoms with Crippen LogP contribution in [0.15, 0.2) is 17.0 Å². The summed E-state index contributed by atoms with van der Waals surface area (Å²) < 4.78 is 39.8. The fourth-order valence-electron chi connectivity index (χ4n) is 2.28. The molecule has 0 atom stereocenters. The zero-order chi connectivity index (χ0) is 17.4. The number of aromatic nitrogens is 2. The van der Waals surface area contributed by atoms with Crippen molar-refractivity contribution < 1.29 is 17.9 Å². The molecule has 0 saturated carbocycles. The molecule has 0 fully saturated rings. The third kappa shape index (κ3) is 3.23. The zero-order valence-electron chi connectivity index (χ0n) is 13.5. The lowest BCUT2D eigenvalue weighted by Crippen LogP contribution is -2.15. The van der Waals surface area contributed by atoms with E-state index in [4.69, 9.17) is 21.1 Å². The maximum Gasteiger partial charge on any atom is 0.265 e. The van der Waals surface area contributed by atoms with Gasteiger partial charge in [0.25, 0.3) is 10.0 Å². The molecule has 2 rings (SSSR count). The van der Waals surface area contributed by atoms with Gasteiger partial charge in [0.2, 0.25) is 0 Å². The van der Waals surface area contributed by atoms with Gasteiger partial charge in [-0.1, -0.05) is 11.6 Å². The summed E-state index contributed by atoms with van der Waals surface area (Å²) in [4.78, 5) is 0.135. The van der Waals surface area contributed by atoms with Gasteiger partial charge in [0.15, 0.2) is 0 Å². The number of sulfonamides is 1. The average molecular weight is 360 g/mol. The first kappa shape index (κ1) is 17.4. The number of anilines is 1. The largest absolute Gasteiger partial charge is 0.495 e. The molecule has 0 spiro atoms. The number of nitrogens with one attached hydrogen (secondary N) is 1.